The summed E-state index contributed by atoms with van der Waals surface area (Å²) in [5.41, 5.74) is -0.579. The molecule has 72 valence electrons. The quantitative estimate of drug-likeness (QED) is 0.737. The van der Waals surface area contributed by atoms with E-state index in [0.29, 0.717) is 5.56 Å². The molecule has 0 bridgehead atoms. The molecule has 0 fully saturated rings. The van der Waals surface area contributed by atoms with Crippen LogP contribution in [0.4, 0.5) is 13.2 Å². The van der Waals surface area contributed by atoms with Gasteiger partial charge in [-0.25, -0.2) is 0 Å². The van der Waals surface area contributed by atoms with Crippen LogP contribution in [0.1, 0.15) is 24.3 Å². The molecule has 1 aromatic heterocycles. The number of pyridine rings is 1. The maximum atomic E-state index is 12.0. The zero-order valence-electron chi connectivity index (χ0n) is 6.84. The van der Waals surface area contributed by atoms with Crippen molar-refractivity contribution < 1.29 is 18.3 Å². The maximum absolute atomic E-state index is 12.0. The van der Waals surface area contributed by atoms with E-state index < -0.39 is 18.0 Å². The standard InChI is InChI=1S/C8H8F3NO/c1-5(13)6-2-3-7(12-4-6)8(9,10)11/h2-5,13H,1H3/t5-/m1/s1. The first kappa shape index (κ1) is 9.98. The zero-order valence-corrected chi connectivity index (χ0v) is 6.84. The molecule has 1 aromatic rings. The molecular formula is C8H8F3NO. The largest absolute Gasteiger partial charge is 0.433 e. The molecule has 13 heavy (non-hydrogen) atoms. The van der Waals surface area contributed by atoms with Gasteiger partial charge in [0.2, 0.25) is 0 Å². The molecule has 0 aliphatic rings. The molecule has 0 aliphatic heterocycles. The third-order valence-electron chi connectivity index (χ3n) is 1.56. The lowest BCUT2D eigenvalue weighted by Crippen LogP contribution is -2.08. The lowest BCUT2D eigenvalue weighted by molar-refractivity contribution is -0.141. The summed E-state index contributed by atoms with van der Waals surface area (Å²) in [5, 5.41) is 9.00. The molecule has 1 rings (SSSR count). The van der Waals surface area contributed by atoms with Gasteiger partial charge in [0.25, 0.3) is 0 Å². The molecule has 1 atom stereocenters. The molecule has 1 heterocycles. The molecule has 2 nitrogen and oxygen atoms in total. The van der Waals surface area contributed by atoms with Gasteiger partial charge in [-0.05, 0) is 18.6 Å². The second kappa shape index (κ2) is 3.33. The Morgan fingerprint density at radius 2 is 2.00 bits per heavy atom. The first-order valence-electron chi connectivity index (χ1n) is 3.62. The second-order valence-corrected chi connectivity index (χ2v) is 2.65. The van der Waals surface area contributed by atoms with Crippen LogP contribution >= 0.6 is 0 Å². The Morgan fingerprint density at radius 1 is 1.38 bits per heavy atom. The van der Waals surface area contributed by atoms with Crippen LogP contribution in [-0.2, 0) is 6.18 Å². The van der Waals surface area contributed by atoms with Crippen LogP contribution in [0.3, 0.4) is 0 Å². The Kier molecular flexibility index (Phi) is 2.56. The van der Waals surface area contributed by atoms with Crippen LogP contribution in [-0.4, -0.2) is 10.1 Å². The third kappa shape index (κ3) is 2.42. The van der Waals surface area contributed by atoms with Crippen molar-refractivity contribution in [1.29, 1.82) is 0 Å². The van der Waals surface area contributed by atoms with E-state index in [1.807, 2.05) is 0 Å². The van der Waals surface area contributed by atoms with Gasteiger partial charge in [-0.2, -0.15) is 13.2 Å². The van der Waals surface area contributed by atoms with Gasteiger partial charge >= 0.3 is 6.18 Å². The van der Waals surface area contributed by atoms with E-state index in [0.717, 1.165) is 12.3 Å². The first-order valence-corrected chi connectivity index (χ1v) is 3.62. The molecule has 0 unspecified atom stereocenters. The van der Waals surface area contributed by atoms with Gasteiger partial charge in [-0.1, -0.05) is 6.07 Å². The summed E-state index contributed by atoms with van der Waals surface area (Å²) < 4.78 is 36.0. The SMILES string of the molecule is C[C@@H](O)c1ccc(C(F)(F)F)nc1. The highest BCUT2D eigenvalue weighted by Gasteiger charge is 2.32. The lowest BCUT2D eigenvalue weighted by atomic mass is 10.2. The number of aliphatic hydroxyl groups excluding tert-OH is 1. The van der Waals surface area contributed by atoms with Crippen LogP contribution in [0, 0.1) is 0 Å². The number of aromatic nitrogens is 1. The summed E-state index contributed by atoms with van der Waals surface area (Å²) in [6.45, 7) is 1.46. The molecule has 0 aliphatic carbocycles. The van der Waals surface area contributed by atoms with Crippen molar-refractivity contribution in [2.45, 2.75) is 19.2 Å². The number of nitrogens with zero attached hydrogens (tertiary/aromatic N) is 1. The summed E-state index contributed by atoms with van der Waals surface area (Å²) in [7, 11) is 0. The van der Waals surface area contributed by atoms with Crippen LogP contribution in [0.5, 0.6) is 0 Å². The fourth-order valence-electron chi connectivity index (χ4n) is 0.820. The normalized spacial score (nSPS) is 14.2. The van der Waals surface area contributed by atoms with Crippen LogP contribution in [0.2, 0.25) is 0 Å². The highest BCUT2D eigenvalue weighted by Crippen LogP contribution is 2.27. The number of halogens is 3. The van der Waals surface area contributed by atoms with Crippen molar-refractivity contribution in [1.82, 2.24) is 4.98 Å². The Bertz CT molecular complexity index is 278. The molecule has 0 radical (unpaired) electrons. The Hall–Kier alpha value is -1.10. The van der Waals surface area contributed by atoms with Crippen LogP contribution in [0.15, 0.2) is 18.3 Å². The number of rotatable bonds is 1. The average molecular weight is 191 g/mol. The predicted octanol–water partition coefficient (Wildman–Crippen LogP) is 2.15. The molecule has 0 saturated heterocycles. The summed E-state index contributed by atoms with van der Waals surface area (Å²) in [5.74, 6) is 0. The smallest absolute Gasteiger partial charge is 0.389 e. The molecule has 0 amide bonds. The summed E-state index contributed by atoms with van der Waals surface area (Å²) >= 11 is 0. The fraction of sp³-hybridized carbons (Fsp3) is 0.375. The van der Waals surface area contributed by atoms with Gasteiger partial charge in [0.15, 0.2) is 0 Å². The van der Waals surface area contributed by atoms with E-state index >= 15 is 0 Å². The van der Waals surface area contributed by atoms with Gasteiger partial charge in [0.1, 0.15) is 5.69 Å². The predicted molar refractivity (Wildman–Crippen MR) is 39.9 cm³/mol. The molecular weight excluding hydrogens is 183 g/mol. The van der Waals surface area contributed by atoms with E-state index in [-0.39, 0.29) is 0 Å². The van der Waals surface area contributed by atoms with Crippen molar-refractivity contribution in [2.75, 3.05) is 0 Å². The van der Waals surface area contributed by atoms with Crippen LogP contribution < -0.4 is 0 Å². The van der Waals surface area contributed by atoms with Gasteiger partial charge < -0.3 is 5.11 Å². The Balaban J connectivity index is 2.94. The summed E-state index contributed by atoms with van der Waals surface area (Å²) in [6.07, 6.45) is -4.19. The maximum Gasteiger partial charge on any atom is 0.433 e. The van der Waals surface area contributed by atoms with Gasteiger partial charge in [0, 0.05) is 6.20 Å². The van der Waals surface area contributed by atoms with Gasteiger partial charge in [0.05, 0.1) is 6.10 Å². The van der Waals surface area contributed by atoms with Crippen molar-refractivity contribution in [3.05, 3.63) is 29.6 Å². The minimum atomic E-state index is -4.42. The minimum absolute atomic E-state index is 0.369. The van der Waals surface area contributed by atoms with Crippen molar-refractivity contribution >= 4 is 0 Å². The molecule has 5 heteroatoms. The third-order valence-corrected chi connectivity index (χ3v) is 1.56. The highest BCUT2D eigenvalue weighted by molar-refractivity contribution is 5.17. The fourth-order valence-corrected chi connectivity index (χ4v) is 0.820. The topological polar surface area (TPSA) is 33.1 Å². The minimum Gasteiger partial charge on any atom is -0.389 e. The van der Waals surface area contributed by atoms with E-state index in [2.05, 4.69) is 4.98 Å². The molecule has 0 saturated carbocycles. The Labute approximate surface area is 73.0 Å². The first-order chi connectivity index (χ1) is 5.91. The van der Waals surface area contributed by atoms with Gasteiger partial charge in [-0.3, -0.25) is 4.98 Å². The van der Waals surface area contributed by atoms with E-state index in [9.17, 15) is 13.2 Å². The van der Waals surface area contributed by atoms with Crippen molar-refractivity contribution in [3.8, 4) is 0 Å². The monoisotopic (exact) mass is 191 g/mol. The second-order valence-electron chi connectivity index (χ2n) is 2.65. The van der Waals surface area contributed by atoms with E-state index in [1.165, 1.54) is 13.0 Å². The summed E-state index contributed by atoms with van der Waals surface area (Å²) in [4.78, 5) is 3.19. The lowest BCUT2D eigenvalue weighted by Gasteiger charge is -2.07. The summed E-state index contributed by atoms with van der Waals surface area (Å²) in [6, 6.07) is 2.06. The van der Waals surface area contributed by atoms with Gasteiger partial charge in [-0.15, -0.1) is 0 Å². The van der Waals surface area contributed by atoms with E-state index in [1.54, 1.807) is 0 Å². The highest BCUT2D eigenvalue weighted by atomic mass is 19.4. The number of aliphatic hydroxyl groups is 1. The zero-order chi connectivity index (χ0) is 10.1. The number of alkyl halides is 3. The Morgan fingerprint density at radius 3 is 2.31 bits per heavy atom. The average Bonchev–Trinajstić information content (AvgIpc) is 2.03. The van der Waals surface area contributed by atoms with Crippen LogP contribution in [0.25, 0.3) is 0 Å². The number of hydrogen-bond acceptors (Lipinski definition) is 2. The molecule has 1 N–H and O–H groups in total. The molecule has 0 spiro atoms. The molecule has 0 aromatic carbocycles. The van der Waals surface area contributed by atoms with E-state index in [4.69, 9.17) is 5.11 Å². The van der Waals surface area contributed by atoms with Crippen molar-refractivity contribution in [2.24, 2.45) is 0 Å². The number of hydrogen-bond donors (Lipinski definition) is 1. The van der Waals surface area contributed by atoms with Crippen molar-refractivity contribution in [3.63, 3.8) is 0 Å².